The second-order valence-corrected chi connectivity index (χ2v) is 6.78. The molecule has 0 heterocycles. The highest BCUT2D eigenvalue weighted by Gasteiger charge is 2.23. The summed E-state index contributed by atoms with van der Waals surface area (Å²) in [6.45, 7) is 0. The number of carbonyl (C=O) groups is 2. The van der Waals surface area contributed by atoms with E-state index in [2.05, 4.69) is 0 Å². The SMILES string of the molecule is O=C(OC(=O)c1c(Cl)ccc2ccccc12)c1c(Cl)ccc2ccccc12. The molecule has 3 nitrogen and oxygen atoms in total. The molecule has 0 aliphatic heterocycles. The summed E-state index contributed by atoms with van der Waals surface area (Å²) in [6, 6.07) is 21.3. The van der Waals surface area contributed by atoms with E-state index in [-0.39, 0.29) is 21.2 Å². The molecule has 0 aliphatic carbocycles. The molecule has 0 saturated carbocycles. The van der Waals surface area contributed by atoms with Crippen LogP contribution in [0.25, 0.3) is 21.5 Å². The molecule has 0 amide bonds. The number of fused-ring (bicyclic) bond motifs is 2. The number of carbonyl (C=O) groups excluding carboxylic acids is 2. The average molecular weight is 395 g/mol. The first kappa shape index (κ1) is 17.5. The fourth-order valence-corrected chi connectivity index (χ4v) is 3.57. The number of hydrogen-bond acceptors (Lipinski definition) is 3. The highest BCUT2D eigenvalue weighted by atomic mass is 35.5. The lowest BCUT2D eigenvalue weighted by molar-refractivity contribution is 0.0401. The molecule has 5 heteroatoms. The molecule has 27 heavy (non-hydrogen) atoms. The number of benzene rings is 4. The van der Waals surface area contributed by atoms with Gasteiger partial charge in [0.2, 0.25) is 0 Å². The topological polar surface area (TPSA) is 43.4 Å². The van der Waals surface area contributed by atoms with E-state index < -0.39 is 11.9 Å². The van der Waals surface area contributed by atoms with Gasteiger partial charge < -0.3 is 4.74 Å². The number of esters is 2. The van der Waals surface area contributed by atoms with Crippen molar-refractivity contribution < 1.29 is 14.3 Å². The van der Waals surface area contributed by atoms with E-state index in [0.717, 1.165) is 10.8 Å². The molecule has 0 fully saturated rings. The van der Waals surface area contributed by atoms with E-state index in [4.69, 9.17) is 27.9 Å². The molecule has 0 unspecified atom stereocenters. The first-order chi connectivity index (χ1) is 13.1. The fourth-order valence-electron chi connectivity index (χ4n) is 3.09. The lowest BCUT2D eigenvalue weighted by Crippen LogP contribution is -2.14. The number of hydrogen-bond donors (Lipinski definition) is 0. The van der Waals surface area contributed by atoms with Crippen LogP contribution in [0.3, 0.4) is 0 Å². The van der Waals surface area contributed by atoms with Gasteiger partial charge in [0.1, 0.15) is 0 Å². The lowest BCUT2D eigenvalue weighted by atomic mass is 10.0. The van der Waals surface area contributed by atoms with Crippen LogP contribution in [0.1, 0.15) is 20.7 Å². The standard InChI is InChI=1S/C22H12Cl2O3/c23-17-11-9-13-5-1-3-7-15(13)19(17)21(25)27-22(26)20-16-8-4-2-6-14(16)10-12-18(20)24/h1-12H. The van der Waals surface area contributed by atoms with Crippen molar-refractivity contribution in [2.75, 3.05) is 0 Å². The Bertz CT molecular complexity index is 1120. The van der Waals surface area contributed by atoms with Gasteiger partial charge in [0, 0.05) is 0 Å². The first-order valence-electron chi connectivity index (χ1n) is 8.17. The Hall–Kier alpha value is -2.88. The number of halogens is 2. The smallest absolute Gasteiger partial charge is 0.348 e. The van der Waals surface area contributed by atoms with Gasteiger partial charge in [-0.2, -0.15) is 0 Å². The van der Waals surface area contributed by atoms with E-state index in [1.165, 1.54) is 0 Å². The molecule has 0 spiro atoms. The minimum Gasteiger partial charge on any atom is -0.386 e. The maximum atomic E-state index is 12.7. The summed E-state index contributed by atoms with van der Waals surface area (Å²) in [6.07, 6.45) is 0. The molecule has 0 aliphatic rings. The quantitative estimate of drug-likeness (QED) is 0.296. The van der Waals surface area contributed by atoms with Gasteiger partial charge in [0.15, 0.2) is 0 Å². The van der Waals surface area contributed by atoms with Gasteiger partial charge in [-0.15, -0.1) is 0 Å². The average Bonchev–Trinajstić information content (AvgIpc) is 2.67. The van der Waals surface area contributed by atoms with Crippen LogP contribution in [0.4, 0.5) is 0 Å². The summed E-state index contributed by atoms with van der Waals surface area (Å²) < 4.78 is 5.15. The summed E-state index contributed by atoms with van der Waals surface area (Å²) >= 11 is 12.4. The highest BCUT2D eigenvalue weighted by molar-refractivity contribution is 6.37. The van der Waals surface area contributed by atoms with Crippen molar-refractivity contribution in [2.24, 2.45) is 0 Å². The third-order valence-corrected chi connectivity index (χ3v) is 4.98. The van der Waals surface area contributed by atoms with Crippen LogP contribution in [0.2, 0.25) is 10.0 Å². The Balaban J connectivity index is 1.76. The van der Waals surface area contributed by atoms with Gasteiger partial charge in [0.25, 0.3) is 0 Å². The first-order valence-corrected chi connectivity index (χ1v) is 8.93. The van der Waals surface area contributed by atoms with Crippen molar-refractivity contribution in [3.63, 3.8) is 0 Å². The Morgan fingerprint density at radius 1 is 0.593 bits per heavy atom. The van der Waals surface area contributed by atoms with Crippen molar-refractivity contribution >= 4 is 56.7 Å². The zero-order valence-electron chi connectivity index (χ0n) is 13.9. The molecule has 0 N–H and O–H groups in total. The fraction of sp³-hybridized carbons (Fsp3) is 0. The van der Waals surface area contributed by atoms with E-state index in [0.29, 0.717) is 10.8 Å². The lowest BCUT2D eigenvalue weighted by Gasteiger charge is -2.10. The van der Waals surface area contributed by atoms with Crippen molar-refractivity contribution in [3.8, 4) is 0 Å². The normalized spacial score (nSPS) is 10.9. The van der Waals surface area contributed by atoms with Crippen LogP contribution in [-0.2, 0) is 4.74 Å². The second kappa shape index (κ2) is 7.03. The zero-order chi connectivity index (χ0) is 19.0. The van der Waals surface area contributed by atoms with Crippen LogP contribution in [0.5, 0.6) is 0 Å². The van der Waals surface area contributed by atoms with E-state index in [9.17, 15) is 9.59 Å². The van der Waals surface area contributed by atoms with Crippen molar-refractivity contribution in [1.29, 1.82) is 0 Å². The van der Waals surface area contributed by atoms with Gasteiger partial charge >= 0.3 is 11.9 Å². The molecule has 4 aromatic carbocycles. The highest BCUT2D eigenvalue weighted by Crippen LogP contribution is 2.30. The molecule has 0 radical (unpaired) electrons. The molecule has 4 aromatic rings. The Morgan fingerprint density at radius 2 is 1.00 bits per heavy atom. The predicted octanol–water partition coefficient (Wildman–Crippen LogP) is 6.30. The zero-order valence-corrected chi connectivity index (χ0v) is 15.4. The number of rotatable bonds is 2. The van der Waals surface area contributed by atoms with Crippen LogP contribution in [0.15, 0.2) is 72.8 Å². The molecule has 0 saturated heterocycles. The summed E-state index contributed by atoms with van der Waals surface area (Å²) in [4.78, 5) is 25.5. The van der Waals surface area contributed by atoms with Crippen molar-refractivity contribution in [2.45, 2.75) is 0 Å². The Morgan fingerprint density at radius 3 is 1.44 bits per heavy atom. The molecular weight excluding hydrogens is 383 g/mol. The van der Waals surface area contributed by atoms with Gasteiger partial charge in [-0.3, -0.25) is 0 Å². The molecule has 0 bridgehead atoms. The summed E-state index contributed by atoms with van der Waals surface area (Å²) in [7, 11) is 0. The van der Waals surface area contributed by atoms with E-state index >= 15 is 0 Å². The molecule has 132 valence electrons. The molecular formula is C22H12Cl2O3. The summed E-state index contributed by atoms with van der Waals surface area (Å²) in [5.41, 5.74) is 0.305. The minimum absolute atomic E-state index is 0.152. The van der Waals surface area contributed by atoms with Gasteiger partial charge in [-0.25, -0.2) is 9.59 Å². The van der Waals surface area contributed by atoms with Crippen LogP contribution < -0.4 is 0 Å². The van der Waals surface area contributed by atoms with Crippen LogP contribution in [0, 0.1) is 0 Å². The van der Waals surface area contributed by atoms with Crippen LogP contribution in [-0.4, -0.2) is 11.9 Å². The van der Waals surface area contributed by atoms with Gasteiger partial charge in [-0.05, 0) is 33.7 Å². The monoisotopic (exact) mass is 394 g/mol. The number of ether oxygens (including phenoxy) is 1. The van der Waals surface area contributed by atoms with Crippen molar-refractivity contribution in [1.82, 2.24) is 0 Å². The maximum absolute atomic E-state index is 12.7. The van der Waals surface area contributed by atoms with Gasteiger partial charge in [0.05, 0.1) is 21.2 Å². The maximum Gasteiger partial charge on any atom is 0.348 e. The van der Waals surface area contributed by atoms with E-state index in [1.807, 2.05) is 24.3 Å². The Kier molecular flexibility index (Phi) is 4.56. The third kappa shape index (κ3) is 3.16. The predicted molar refractivity (Wildman–Crippen MR) is 108 cm³/mol. The van der Waals surface area contributed by atoms with Crippen molar-refractivity contribution in [3.05, 3.63) is 94.0 Å². The Labute approximate surface area is 165 Å². The largest absolute Gasteiger partial charge is 0.386 e. The van der Waals surface area contributed by atoms with Gasteiger partial charge in [-0.1, -0.05) is 83.9 Å². The summed E-state index contributed by atoms with van der Waals surface area (Å²) in [5.74, 6) is -1.63. The third-order valence-electron chi connectivity index (χ3n) is 4.35. The minimum atomic E-state index is -0.814. The molecule has 0 atom stereocenters. The second-order valence-electron chi connectivity index (χ2n) is 5.96. The summed E-state index contributed by atoms with van der Waals surface area (Å²) in [5, 5.41) is 3.32. The van der Waals surface area contributed by atoms with Crippen LogP contribution >= 0.6 is 23.2 Å². The molecule has 0 aromatic heterocycles. The molecule has 4 rings (SSSR count). The van der Waals surface area contributed by atoms with E-state index in [1.54, 1.807) is 48.5 Å².